The number of hydrogen-bond donors (Lipinski definition) is 0. The van der Waals surface area contributed by atoms with Gasteiger partial charge >= 0.3 is 6.18 Å². The maximum atomic E-state index is 12.8. The zero-order valence-electron chi connectivity index (χ0n) is 10.2. The predicted octanol–water partition coefficient (Wildman–Crippen LogP) is 4.96. The van der Waals surface area contributed by atoms with Crippen LogP contribution in [-0.4, -0.2) is 0 Å². The number of allylic oxidation sites excluding steroid dienone is 1. The van der Waals surface area contributed by atoms with E-state index < -0.39 is 11.7 Å². The molecule has 0 aliphatic carbocycles. The van der Waals surface area contributed by atoms with Crippen molar-refractivity contribution in [2.75, 3.05) is 0 Å². The summed E-state index contributed by atoms with van der Waals surface area (Å²) in [5.74, 6) is 0. The van der Waals surface area contributed by atoms with Gasteiger partial charge in [0.1, 0.15) is 0 Å². The van der Waals surface area contributed by atoms with Crippen LogP contribution in [0.2, 0.25) is 0 Å². The van der Waals surface area contributed by atoms with Gasteiger partial charge in [-0.25, -0.2) is 0 Å². The zero-order chi connectivity index (χ0) is 13.7. The molecule has 0 aromatic heterocycles. The molecule has 3 heteroatoms. The van der Waals surface area contributed by atoms with Gasteiger partial charge in [-0.05, 0) is 23.6 Å². The minimum absolute atomic E-state index is 0.200. The Morgan fingerprint density at radius 3 is 2.16 bits per heavy atom. The molecule has 0 spiro atoms. The molecule has 0 fully saturated rings. The first-order chi connectivity index (χ1) is 9.07. The first-order valence-corrected chi connectivity index (χ1v) is 5.94. The molecule has 0 saturated heterocycles. The fourth-order valence-corrected chi connectivity index (χ4v) is 1.84. The maximum absolute atomic E-state index is 12.8. The van der Waals surface area contributed by atoms with Crippen LogP contribution in [0, 0.1) is 0 Å². The Morgan fingerprint density at radius 1 is 0.842 bits per heavy atom. The molecule has 0 atom stereocenters. The van der Waals surface area contributed by atoms with Crippen LogP contribution in [0.15, 0.2) is 60.7 Å². The van der Waals surface area contributed by atoms with E-state index in [-0.39, 0.29) is 5.56 Å². The summed E-state index contributed by atoms with van der Waals surface area (Å²) in [5, 5.41) is 0. The quantitative estimate of drug-likeness (QED) is 0.733. The lowest BCUT2D eigenvalue weighted by atomic mass is 10.1. The van der Waals surface area contributed by atoms with Gasteiger partial charge in [0.05, 0.1) is 5.56 Å². The van der Waals surface area contributed by atoms with Crippen LogP contribution >= 0.6 is 0 Å². The second kappa shape index (κ2) is 5.74. The lowest BCUT2D eigenvalue weighted by Gasteiger charge is -2.09. The molecular weight excluding hydrogens is 249 g/mol. The first kappa shape index (κ1) is 13.4. The molecule has 0 heterocycles. The summed E-state index contributed by atoms with van der Waals surface area (Å²) in [5.41, 5.74) is 0.675. The Kier molecular flexibility index (Phi) is 4.05. The summed E-state index contributed by atoms with van der Waals surface area (Å²) in [6, 6.07) is 15.2. The average molecular weight is 262 g/mol. The fraction of sp³-hybridized carbons (Fsp3) is 0.125. The number of halogens is 3. The molecule has 2 aromatic carbocycles. The Bertz CT molecular complexity index is 554. The third-order valence-electron chi connectivity index (χ3n) is 2.76. The van der Waals surface area contributed by atoms with Gasteiger partial charge in [0.15, 0.2) is 0 Å². The summed E-state index contributed by atoms with van der Waals surface area (Å²) in [4.78, 5) is 0. The molecule has 0 unspecified atom stereocenters. The highest BCUT2D eigenvalue weighted by Crippen LogP contribution is 2.32. The van der Waals surface area contributed by atoms with Gasteiger partial charge in [-0.3, -0.25) is 0 Å². The van der Waals surface area contributed by atoms with E-state index in [9.17, 15) is 13.2 Å². The molecular formula is C16H13F3. The van der Waals surface area contributed by atoms with Crippen LogP contribution in [0.25, 0.3) is 6.08 Å². The largest absolute Gasteiger partial charge is 0.416 e. The van der Waals surface area contributed by atoms with Crippen molar-refractivity contribution in [2.24, 2.45) is 0 Å². The van der Waals surface area contributed by atoms with Crippen LogP contribution in [0.3, 0.4) is 0 Å². The summed E-state index contributed by atoms with van der Waals surface area (Å²) in [7, 11) is 0. The van der Waals surface area contributed by atoms with Crippen molar-refractivity contribution < 1.29 is 13.2 Å². The van der Waals surface area contributed by atoms with E-state index in [0.29, 0.717) is 6.42 Å². The molecule has 0 bridgehead atoms. The summed E-state index contributed by atoms with van der Waals surface area (Å²) in [6.45, 7) is 0. The van der Waals surface area contributed by atoms with Crippen LogP contribution in [0.1, 0.15) is 16.7 Å². The minimum atomic E-state index is -4.31. The Morgan fingerprint density at radius 2 is 1.47 bits per heavy atom. The molecule has 19 heavy (non-hydrogen) atoms. The Labute approximate surface area is 110 Å². The lowest BCUT2D eigenvalue weighted by molar-refractivity contribution is -0.137. The molecule has 0 N–H and O–H groups in total. The highest BCUT2D eigenvalue weighted by atomic mass is 19.4. The standard InChI is InChI=1S/C16H13F3/c17-16(18,19)15-12-5-4-10-14(15)11-6-9-13-7-2-1-3-8-13/h1-8,10-12H,9H2/b11-6+. The summed E-state index contributed by atoms with van der Waals surface area (Å²) >= 11 is 0. The highest BCUT2D eigenvalue weighted by Gasteiger charge is 2.32. The normalized spacial score (nSPS) is 11.9. The van der Waals surface area contributed by atoms with E-state index in [2.05, 4.69) is 0 Å². The number of rotatable bonds is 3. The monoisotopic (exact) mass is 262 g/mol. The SMILES string of the molecule is FC(F)(F)c1ccccc1/C=C/Cc1ccccc1. The average Bonchev–Trinajstić information content (AvgIpc) is 2.39. The predicted molar refractivity (Wildman–Crippen MR) is 70.6 cm³/mol. The van der Waals surface area contributed by atoms with Gasteiger partial charge in [-0.1, -0.05) is 60.7 Å². The molecule has 2 aromatic rings. The summed E-state index contributed by atoms with van der Waals surface area (Å²) in [6.07, 6.45) is -0.420. The van der Waals surface area contributed by atoms with E-state index in [4.69, 9.17) is 0 Å². The third-order valence-corrected chi connectivity index (χ3v) is 2.76. The number of benzene rings is 2. The third kappa shape index (κ3) is 3.71. The van der Waals surface area contributed by atoms with Crippen molar-refractivity contribution in [1.82, 2.24) is 0 Å². The van der Waals surface area contributed by atoms with Crippen LogP contribution in [0.5, 0.6) is 0 Å². The van der Waals surface area contributed by atoms with E-state index in [0.717, 1.165) is 11.6 Å². The van der Waals surface area contributed by atoms with E-state index in [1.807, 2.05) is 30.3 Å². The van der Waals surface area contributed by atoms with Crippen molar-refractivity contribution in [3.05, 3.63) is 77.4 Å². The topological polar surface area (TPSA) is 0 Å². The Hall–Kier alpha value is -2.03. The van der Waals surface area contributed by atoms with Gasteiger partial charge in [0, 0.05) is 0 Å². The zero-order valence-corrected chi connectivity index (χ0v) is 10.2. The Balaban J connectivity index is 2.16. The maximum Gasteiger partial charge on any atom is 0.416 e. The molecule has 0 aliphatic heterocycles. The van der Waals surface area contributed by atoms with Crippen molar-refractivity contribution in [2.45, 2.75) is 12.6 Å². The van der Waals surface area contributed by atoms with Crippen LogP contribution < -0.4 is 0 Å². The van der Waals surface area contributed by atoms with Crippen molar-refractivity contribution in [3.8, 4) is 0 Å². The highest BCUT2D eigenvalue weighted by molar-refractivity contribution is 5.55. The molecule has 0 saturated carbocycles. The molecule has 2 rings (SSSR count). The van der Waals surface area contributed by atoms with Gasteiger partial charge < -0.3 is 0 Å². The lowest BCUT2D eigenvalue weighted by Crippen LogP contribution is -2.06. The molecule has 0 amide bonds. The van der Waals surface area contributed by atoms with Gasteiger partial charge in [-0.15, -0.1) is 0 Å². The van der Waals surface area contributed by atoms with Gasteiger partial charge in [0.2, 0.25) is 0 Å². The summed E-state index contributed by atoms with van der Waals surface area (Å²) < 4.78 is 38.3. The molecule has 0 nitrogen and oxygen atoms in total. The van der Waals surface area contributed by atoms with Gasteiger partial charge in [0.25, 0.3) is 0 Å². The smallest absolute Gasteiger partial charge is 0.166 e. The van der Waals surface area contributed by atoms with Gasteiger partial charge in [-0.2, -0.15) is 13.2 Å². The van der Waals surface area contributed by atoms with Crippen LogP contribution in [-0.2, 0) is 12.6 Å². The van der Waals surface area contributed by atoms with Crippen molar-refractivity contribution in [3.63, 3.8) is 0 Å². The number of hydrogen-bond acceptors (Lipinski definition) is 0. The molecule has 0 aliphatic rings. The number of alkyl halides is 3. The molecule has 98 valence electrons. The van der Waals surface area contributed by atoms with E-state index in [1.54, 1.807) is 12.1 Å². The second-order valence-corrected chi connectivity index (χ2v) is 4.18. The van der Waals surface area contributed by atoms with Crippen LogP contribution in [0.4, 0.5) is 13.2 Å². The van der Waals surface area contributed by atoms with E-state index in [1.165, 1.54) is 18.2 Å². The fourth-order valence-electron chi connectivity index (χ4n) is 1.84. The van der Waals surface area contributed by atoms with Crippen molar-refractivity contribution >= 4 is 6.08 Å². The molecule has 0 radical (unpaired) electrons. The van der Waals surface area contributed by atoms with E-state index >= 15 is 0 Å². The minimum Gasteiger partial charge on any atom is -0.166 e. The second-order valence-electron chi connectivity index (χ2n) is 4.18. The van der Waals surface area contributed by atoms with Crippen molar-refractivity contribution in [1.29, 1.82) is 0 Å². The first-order valence-electron chi connectivity index (χ1n) is 5.94.